The summed E-state index contributed by atoms with van der Waals surface area (Å²) in [5, 5.41) is 2.82. The number of amides is 1. The Morgan fingerprint density at radius 2 is 2.30 bits per heavy atom. The predicted octanol–water partition coefficient (Wildman–Crippen LogP) is 1.09. The molecule has 0 unspecified atom stereocenters. The summed E-state index contributed by atoms with van der Waals surface area (Å²) >= 11 is 0. The first-order chi connectivity index (χ1) is 4.56. The normalized spacial score (nSPS) is 25.0. The van der Waals surface area contributed by atoms with Crippen molar-refractivity contribution in [1.29, 1.82) is 0 Å². The first-order valence-corrected chi connectivity index (χ1v) is 3.49. The number of hydrogen-bond acceptors (Lipinski definition) is 1. The molecule has 0 aromatic rings. The lowest BCUT2D eigenvalue weighted by Gasteiger charge is -2.38. The minimum absolute atomic E-state index is 0.0495. The molecule has 2 heteroatoms. The molecule has 56 valence electrons. The molecule has 1 amide bonds. The van der Waals surface area contributed by atoms with Gasteiger partial charge in [0.1, 0.15) is 0 Å². The number of carbonyl (C=O) groups is 1. The van der Waals surface area contributed by atoms with Crippen LogP contribution < -0.4 is 5.32 Å². The summed E-state index contributed by atoms with van der Waals surface area (Å²) in [6, 6.07) is 0.303. The lowest BCUT2D eigenvalue weighted by molar-refractivity contribution is -0.130. The molecule has 1 aliphatic rings. The van der Waals surface area contributed by atoms with Gasteiger partial charge < -0.3 is 5.32 Å². The van der Waals surface area contributed by atoms with Gasteiger partial charge in [0.15, 0.2) is 0 Å². The fourth-order valence-electron chi connectivity index (χ4n) is 0.950. The third-order valence-corrected chi connectivity index (χ3v) is 2.15. The third-order valence-electron chi connectivity index (χ3n) is 2.15. The van der Waals surface area contributed by atoms with Crippen molar-refractivity contribution < 1.29 is 4.79 Å². The molecule has 0 aromatic heterocycles. The van der Waals surface area contributed by atoms with Crippen LogP contribution in [0, 0.1) is 5.41 Å². The zero-order chi connectivity index (χ0) is 7.78. The van der Waals surface area contributed by atoms with Crippen LogP contribution in [0.15, 0.2) is 12.7 Å². The minimum atomic E-state index is 0.0495. The minimum Gasteiger partial charge on any atom is -0.352 e. The molecular formula is C8H13NO. The van der Waals surface area contributed by atoms with Crippen molar-refractivity contribution in [2.75, 3.05) is 0 Å². The van der Waals surface area contributed by atoms with E-state index in [1.54, 1.807) is 0 Å². The summed E-state index contributed by atoms with van der Waals surface area (Å²) in [6.07, 6.45) is 2.54. The van der Waals surface area contributed by atoms with Crippen LogP contribution in [0.4, 0.5) is 0 Å². The van der Waals surface area contributed by atoms with Gasteiger partial charge in [-0.2, -0.15) is 0 Å². The van der Waals surface area contributed by atoms with Crippen LogP contribution in [0.1, 0.15) is 20.3 Å². The van der Waals surface area contributed by atoms with Crippen molar-refractivity contribution in [1.82, 2.24) is 5.32 Å². The summed E-state index contributed by atoms with van der Waals surface area (Å²) < 4.78 is 0. The maximum Gasteiger partial charge on any atom is 0.222 e. The van der Waals surface area contributed by atoms with Crippen molar-refractivity contribution in [3.8, 4) is 0 Å². The lowest BCUT2D eigenvalue weighted by atomic mass is 9.79. The van der Waals surface area contributed by atoms with Crippen molar-refractivity contribution in [2.24, 2.45) is 5.41 Å². The predicted molar refractivity (Wildman–Crippen MR) is 40.5 cm³/mol. The summed E-state index contributed by atoms with van der Waals surface area (Å²) in [4.78, 5) is 10.5. The molecular weight excluding hydrogens is 126 g/mol. The average Bonchev–Trinajstić information content (AvgIpc) is 1.81. The first kappa shape index (κ1) is 7.32. The molecule has 1 aliphatic heterocycles. The molecule has 0 bridgehead atoms. The fraction of sp³-hybridized carbons (Fsp3) is 0.625. The Kier molecular flexibility index (Phi) is 1.55. The van der Waals surface area contributed by atoms with Gasteiger partial charge in [0, 0.05) is 17.9 Å². The SMILES string of the molecule is C=CC(C)(C)[C@H]1CC(=O)N1. The number of rotatable bonds is 2. The Hall–Kier alpha value is -0.790. The Morgan fingerprint density at radius 1 is 1.80 bits per heavy atom. The molecule has 1 saturated heterocycles. The topological polar surface area (TPSA) is 29.1 Å². The molecule has 1 N–H and O–H groups in total. The van der Waals surface area contributed by atoms with E-state index in [1.165, 1.54) is 0 Å². The zero-order valence-electron chi connectivity index (χ0n) is 6.48. The quantitative estimate of drug-likeness (QED) is 0.450. The van der Waals surface area contributed by atoms with Gasteiger partial charge in [0.2, 0.25) is 5.91 Å². The molecule has 0 aromatic carbocycles. The molecule has 10 heavy (non-hydrogen) atoms. The molecule has 1 atom stereocenters. The Labute approximate surface area is 61.3 Å². The van der Waals surface area contributed by atoms with Crippen LogP contribution in [0.2, 0.25) is 0 Å². The van der Waals surface area contributed by atoms with Gasteiger partial charge in [-0.15, -0.1) is 6.58 Å². The standard InChI is InChI=1S/C8H13NO/c1-4-8(2,3)6-5-7(10)9-6/h4,6H,1,5H2,2-3H3,(H,9,10)/t6-/m1/s1. The van der Waals surface area contributed by atoms with Crippen LogP contribution in [-0.2, 0) is 4.79 Å². The van der Waals surface area contributed by atoms with Gasteiger partial charge in [0.05, 0.1) is 0 Å². The summed E-state index contributed by atoms with van der Waals surface area (Å²) in [6.45, 7) is 7.86. The molecule has 0 aliphatic carbocycles. The van der Waals surface area contributed by atoms with Gasteiger partial charge in [-0.25, -0.2) is 0 Å². The molecule has 2 nitrogen and oxygen atoms in total. The smallest absolute Gasteiger partial charge is 0.222 e. The first-order valence-electron chi connectivity index (χ1n) is 3.49. The highest BCUT2D eigenvalue weighted by molar-refractivity contribution is 5.83. The Morgan fingerprint density at radius 3 is 2.60 bits per heavy atom. The second kappa shape index (κ2) is 2.11. The van der Waals surface area contributed by atoms with Crippen molar-refractivity contribution in [2.45, 2.75) is 26.3 Å². The van der Waals surface area contributed by atoms with Crippen LogP contribution in [0.5, 0.6) is 0 Å². The van der Waals surface area contributed by atoms with Crippen LogP contribution in [-0.4, -0.2) is 11.9 Å². The van der Waals surface area contributed by atoms with Crippen molar-refractivity contribution in [3.05, 3.63) is 12.7 Å². The maximum atomic E-state index is 10.5. The van der Waals surface area contributed by atoms with E-state index < -0.39 is 0 Å². The highest BCUT2D eigenvalue weighted by atomic mass is 16.2. The van der Waals surface area contributed by atoms with Crippen molar-refractivity contribution in [3.63, 3.8) is 0 Å². The van der Waals surface area contributed by atoms with Gasteiger partial charge >= 0.3 is 0 Å². The van der Waals surface area contributed by atoms with E-state index >= 15 is 0 Å². The fourth-order valence-corrected chi connectivity index (χ4v) is 0.950. The monoisotopic (exact) mass is 139 g/mol. The number of hydrogen-bond donors (Lipinski definition) is 1. The number of nitrogens with one attached hydrogen (secondary N) is 1. The molecule has 0 spiro atoms. The average molecular weight is 139 g/mol. The largest absolute Gasteiger partial charge is 0.352 e. The molecule has 1 heterocycles. The van der Waals surface area contributed by atoms with E-state index in [-0.39, 0.29) is 11.3 Å². The summed E-state index contributed by atoms with van der Waals surface area (Å²) in [5.74, 6) is 0.153. The lowest BCUT2D eigenvalue weighted by Crippen LogP contribution is -2.55. The van der Waals surface area contributed by atoms with E-state index in [1.807, 2.05) is 6.08 Å². The molecule has 0 radical (unpaired) electrons. The van der Waals surface area contributed by atoms with Gasteiger partial charge in [-0.1, -0.05) is 19.9 Å². The van der Waals surface area contributed by atoms with Gasteiger partial charge in [-0.05, 0) is 0 Å². The number of β-lactam (4-membered cyclic amide) rings is 1. The van der Waals surface area contributed by atoms with E-state index in [2.05, 4.69) is 25.7 Å². The molecule has 1 rings (SSSR count). The second-order valence-electron chi connectivity index (χ2n) is 3.35. The molecule has 1 fully saturated rings. The highest BCUT2D eigenvalue weighted by Crippen LogP contribution is 2.28. The van der Waals surface area contributed by atoms with E-state index in [9.17, 15) is 4.79 Å². The number of carbonyl (C=O) groups excluding carboxylic acids is 1. The Bertz CT molecular complexity index is 164. The van der Waals surface area contributed by atoms with Gasteiger partial charge in [0.25, 0.3) is 0 Å². The second-order valence-corrected chi connectivity index (χ2v) is 3.35. The maximum absolute atomic E-state index is 10.5. The molecule has 0 saturated carbocycles. The third kappa shape index (κ3) is 1.06. The van der Waals surface area contributed by atoms with Crippen LogP contribution in [0.25, 0.3) is 0 Å². The van der Waals surface area contributed by atoms with E-state index in [0.717, 1.165) is 0 Å². The van der Waals surface area contributed by atoms with Crippen LogP contribution >= 0.6 is 0 Å². The summed E-state index contributed by atoms with van der Waals surface area (Å²) in [5.41, 5.74) is 0.0495. The summed E-state index contributed by atoms with van der Waals surface area (Å²) in [7, 11) is 0. The van der Waals surface area contributed by atoms with Crippen LogP contribution in [0.3, 0.4) is 0 Å². The van der Waals surface area contributed by atoms with Gasteiger partial charge in [-0.3, -0.25) is 4.79 Å². The Balaban J connectivity index is 2.51. The van der Waals surface area contributed by atoms with Crippen molar-refractivity contribution >= 4 is 5.91 Å². The van der Waals surface area contributed by atoms with E-state index in [0.29, 0.717) is 12.5 Å². The van der Waals surface area contributed by atoms with E-state index in [4.69, 9.17) is 0 Å². The highest BCUT2D eigenvalue weighted by Gasteiger charge is 2.36. The zero-order valence-corrected chi connectivity index (χ0v) is 6.48.